The van der Waals surface area contributed by atoms with Gasteiger partial charge in [0.15, 0.2) is 11.6 Å². The Morgan fingerprint density at radius 1 is 0.926 bits per heavy atom. The van der Waals surface area contributed by atoms with Crippen LogP contribution in [0.4, 0.5) is 11.6 Å². The van der Waals surface area contributed by atoms with Gasteiger partial charge in [0.05, 0.1) is 44.8 Å². The van der Waals surface area contributed by atoms with Crippen LogP contribution in [-0.2, 0) is 14.4 Å². The molecule has 5 aliphatic heterocycles. The normalized spacial score (nSPS) is 22.8. The van der Waals surface area contributed by atoms with Crippen LogP contribution in [-0.4, -0.2) is 151 Å². The number of hydrogen-bond acceptors (Lipinski definition) is 16. The highest BCUT2D eigenvalue weighted by molar-refractivity contribution is 7.13. The number of benzene rings is 3. The SMILES string of the molecule is Cc1ncsc1-c1ccc([C@H](C)NC(=O)[C@@H]2C[C@@H](O)CN2C(=O)[C@@H](c2cc(N3CC(CC4CCN(CCOc5nc(N6CC7CCC(C6)N7C=O)c6cnc7c(c6n5)C(C)c5cccc6cc(O)cc-7c56)CC4)C3)no2)C(C)C)cc1. The van der Waals surface area contributed by atoms with E-state index in [2.05, 4.69) is 43.1 Å². The fourth-order valence-corrected chi connectivity index (χ4v) is 15.0. The third-order valence-electron chi connectivity index (χ3n) is 18.5. The Morgan fingerprint density at radius 2 is 1.70 bits per heavy atom. The Kier molecular flexibility index (Phi) is 14.2. The van der Waals surface area contributed by atoms with Crippen molar-refractivity contribution in [3.63, 3.8) is 0 Å². The molecule has 3 N–H and O–H groups in total. The molecule has 7 aromatic rings. The minimum atomic E-state index is -0.812. The molecule has 5 saturated heterocycles. The number of hydrogen-bond donors (Lipinski definition) is 3. The molecule has 19 heteroatoms. The van der Waals surface area contributed by atoms with Gasteiger partial charge in [-0.1, -0.05) is 68.4 Å². The summed E-state index contributed by atoms with van der Waals surface area (Å²) in [6, 6.07) is 19.3. The molecule has 81 heavy (non-hydrogen) atoms. The average molecular weight is 1110 g/mol. The van der Waals surface area contributed by atoms with Gasteiger partial charge in [-0.2, -0.15) is 9.97 Å². The number of fused-ring (bicyclic) bond motifs is 6. The molecule has 2 bridgehead atoms. The zero-order valence-corrected chi connectivity index (χ0v) is 47.5. The van der Waals surface area contributed by atoms with E-state index in [4.69, 9.17) is 24.2 Å². The minimum Gasteiger partial charge on any atom is -0.508 e. The third kappa shape index (κ3) is 9.91. The predicted molar refractivity (Wildman–Crippen MR) is 310 cm³/mol. The maximum Gasteiger partial charge on any atom is 0.319 e. The summed E-state index contributed by atoms with van der Waals surface area (Å²) >= 11 is 1.60. The molecular weight excluding hydrogens is 1040 g/mol. The average Bonchev–Trinajstić information content (AvgIpc) is 4.12. The number of piperidine rings is 1. The number of aliphatic hydroxyl groups is 1. The first-order valence-corrected chi connectivity index (χ1v) is 29.9. The van der Waals surface area contributed by atoms with E-state index in [9.17, 15) is 24.6 Å². The number of nitrogens with one attached hydrogen (secondary N) is 1. The quantitative estimate of drug-likeness (QED) is 0.0777. The minimum absolute atomic E-state index is 0.0190. The van der Waals surface area contributed by atoms with Gasteiger partial charge in [0.25, 0.3) is 0 Å². The molecule has 9 heterocycles. The molecule has 0 saturated carbocycles. The lowest BCUT2D eigenvalue weighted by molar-refractivity contribution is -0.141. The van der Waals surface area contributed by atoms with E-state index in [0.29, 0.717) is 43.3 Å². The van der Waals surface area contributed by atoms with Gasteiger partial charge in [-0.15, -0.1) is 11.3 Å². The highest BCUT2D eigenvalue weighted by Crippen LogP contribution is 2.49. The van der Waals surface area contributed by atoms with Crippen molar-refractivity contribution in [2.75, 3.05) is 68.8 Å². The van der Waals surface area contributed by atoms with Crippen LogP contribution >= 0.6 is 11.3 Å². The van der Waals surface area contributed by atoms with E-state index in [-0.39, 0.29) is 60.5 Å². The monoisotopic (exact) mass is 1110 g/mol. The van der Waals surface area contributed by atoms with Gasteiger partial charge in [-0.3, -0.25) is 24.3 Å². The zero-order valence-electron chi connectivity index (χ0n) is 46.7. The number of carbonyl (C=O) groups is 3. The molecule has 6 aliphatic rings. The van der Waals surface area contributed by atoms with Crippen LogP contribution in [0.1, 0.15) is 112 Å². The van der Waals surface area contributed by atoms with Gasteiger partial charge < -0.3 is 44.4 Å². The molecular formula is C62H71N11O7S. The van der Waals surface area contributed by atoms with Crippen molar-refractivity contribution in [1.82, 2.24) is 45.1 Å². The fourth-order valence-electron chi connectivity index (χ4n) is 14.2. The van der Waals surface area contributed by atoms with Crippen LogP contribution in [0.3, 0.4) is 0 Å². The number of anilines is 2. The topological polar surface area (TPSA) is 207 Å². The van der Waals surface area contributed by atoms with E-state index >= 15 is 0 Å². The van der Waals surface area contributed by atoms with Gasteiger partial charge in [0.2, 0.25) is 18.2 Å². The Labute approximate surface area is 475 Å². The number of phenolic OH excluding ortho intramolecular Hbond substituents is 1. The Bertz CT molecular complexity index is 3510. The number of nitrogens with zero attached hydrogens (tertiary/aromatic N) is 10. The molecule has 0 spiro atoms. The van der Waals surface area contributed by atoms with Crippen LogP contribution in [0.25, 0.3) is 43.4 Å². The zero-order chi connectivity index (χ0) is 55.8. The van der Waals surface area contributed by atoms with Crippen molar-refractivity contribution in [2.45, 2.75) is 115 Å². The number of aliphatic hydroxyl groups excluding tert-OH is 1. The van der Waals surface area contributed by atoms with Gasteiger partial charge in [0.1, 0.15) is 30.1 Å². The summed E-state index contributed by atoms with van der Waals surface area (Å²) in [7, 11) is 0. The highest BCUT2D eigenvalue weighted by atomic mass is 32.1. The lowest BCUT2D eigenvalue weighted by Crippen LogP contribution is -2.53. The number of thiazole rings is 1. The van der Waals surface area contributed by atoms with E-state index < -0.39 is 18.1 Å². The molecule has 18 nitrogen and oxygen atoms in total. The highest BCUT2D eigenvalue weighted by Gasteiger charge is 2.45. The van der Waals surface area contributed by atoms with Crippen molar-refractivity contribution in [1.29, 1.82) is 0 Å². The number of pyridine rings is 1. The van der Waals surface area contributed by atoms with Gasteiger partial charge in [-0.05, 0) is 116 Å². The summed E-state index contributed by atoms with van der Waals surface area (Å²) in [5.41, 5.74) is 9.53. The maximum atomic E-state index is 14.4. The summed E-state index contributed by atoms with van der Waals surface area (Å²) in [5.74, 6) is 1.97. The van der Waals surface area contributed by atoms with Crippen LogP contribution < -0.4 is 19.9 Å². The van der Waals surface area contributed by atoms with Crippen LogP contribution in [0.2, 0.25) is 0 Å². The molecule has 5 fully saturated rings. The smallest absolute Gasteiger partial charge is 0.319 e. The molecule has 4 aromatic heterocycles. The predicted octanol–water partition coefficient (Wildman–Crippen LogP) is 8.44. The molecule has 13 rings (SSSR count). The van der Waals surface area contributed by atoms with Crippen molar-refractivity contribution >= 4 is 62.9 Å². The summed E-state index contributed by atoms with van der Waals surface area (Å²) in [5, 5.41) is 32.2. The van der Waals surface area contributed by atoms with Crippen molar-refractivity contribution in [3.8, 4) is 33.5 Å². The van der Waals surface area contributed by atoms with E-state index in [0.717, 1.165) is 143 Å². The third-order valence-corrected chi connectivity index (χ3v) is 19.5. The second kappa shape index (κ2) is 21.6. The number of likely N-dealkylation sites (tertiary alicyclic amines) is 2. The van der Waals surface area contributed by atoms with Crippen molar-refractivity contribution in [2.24, 2.45) is 17.8 Å². The standard InChI is InChI=1S/C62H71N11O7S/c1-34(2)53(61(78)72-31-46(76)24-50(72)60(77)65-36(4)40-9-11-41(12-10-40)58-37(5)64-32-81-58)51-25-52(68-80-51)70-27-39(28-70)21-38-15-17-69(18-16-38)19-20-79-62-66-57-49(59(67-62)71-29-43-13-14-44(30-71)73(43)33-74)26-63-56-48-23-45(75)22-42-7-6-8-47(55(42)48)35(3)54(56)57/h6-12,22-23,25-26,32-36,38-39,43-44,46,50,53,75-76H,13-21,24,27-31H2,1-5H3,(H,65,77)/t35?,36-,43?,44?,46+,50-,53+/m0/s1. The first kappa shape index (κ1) is 53.1. The maximum absolute atomic E-state index is 14.4. The molecule has 7 atom stereocenters. The van der Waals surface area contributed by atoms with Crippen molar-refractivity contribution < 1.29 is 33.9 Å². The molecule has 3 unspecified atom stereocenters. The number of carbonyl (C=O) groups excluding carboxylic acids is 3. The van der Waals surface area contributed by atoms with Crippen LogP contribution in [0, 0.1) is 24.7 Å². The first-order chi connectivity index (χ1) is 39.3. The van der Waals surface area contributed by atoms with Gasteiger partial charge in [-0.25, -0.2) is 4.98 Å². The van der Waals surface area contributed by atoms with Gasteiger partial charge in [0, 0.05) is 87.1 Å². The molecule has 1 aliphatic carbocycles. The molecule has 3 amide bonds. The van der Waals surface area contributed by atoms with Crippen molar-refractivity contribution in [3.05, 3.63) is 101 Å². The molecule has 3 aromatic carbocycles. The summed E-state index contributed by atoms with van der Waals surface area (Å²) in [6.07, 6.45) is 7.55. The fraction of sp³-hybridized carbons (Fsp3) is 0.484. The molecule has 0 radical (unpaired) electrons. The number of amides is 3. The first-order valence-electron chi connectivity index (χ1n) is 29.1. The lowest BCUT2D eigenvalue weighted by atomic mass is 9.79. The number of aromatic hydroxyl groups is 1. The second-order valence-electron chi connectivity index (χ2n) is 24.1. The van der Waals surface area contributed by atoms with Crippen LogP contribution in [0.5, 0.6) is 11.8 Å². The number of phenols is 1. The second-order valence-corrected chi connectivity index (χ2v) is 24.9. The summed E-state index contributed by atoms with van der Waals surface area (Å²) in [6.45, 7) is 16.4. The molecule has 422 valence electrons. The van der Waals surface area contributed by atoms with Gasteiger partial charge >= 0.3 is 6.01 Å². The number of piperazine rings is 1. The summed E-state index contributed by atoms with van der Waals surface area (Å²) in [4.78, 5) is 71.8. The van der Waals surface area contributed by atoms with E-state index in [1.165, 1.54) is 10.5 Å². The largest absolute Gasteiger partial charge is 0.508 e. The van der Waals surface area contributed by atoms with E-state index in [1.54, 1.807) is 11.3 Å². The van der Waals surface area contributed by atoms with Crippen LogP contribution in [0.15, 0.2) is 76.9 Å². The number of ether oxygens (including phenoxy) is 1. The number of aryl methyl sites for hydroxylation is 1. The number of rotatable bonds is 16. The number of aromatic nitrogens is 5. The Morgan fingerprint density at radius 3 is 2.43 bits per heavy atom. The Balaban J connectivity index is 0.614. The lowest BCUT2D eigenvalue weighted by Gasteiger charge is -2.42. The van der Waals surface area contributed by atoms with E-state index in [1.807, 2.05) is 98.9 Å². The summed E-state index contributed by atoms with van der Waals surface area (Å²) < 4.78 is 12.5. The Hall–Kier alpha value is -7.22. The number of β-amino-alcohol motifs (C(OH)–C–C–N with tert-alkyl or cyclic N) is 1.